The van der Waals surface area contributed by atoms with Crippen molar-refractivity contribution in [1.82, 2.24) is 5.32 Å². The van der Waals surface area contributed by atoms with Gasteiger partial charge in [0.25, 0.3) is 0 Å². The van der Waals surface area contributed by atoms with Crippen LogP contribution < -0.4 is 5.32 Å². The van der Waals surface area contributed by atoms with Crippen molar-refractivity contribution in [3.8, 4) is 0 Å². The molecule has 1 N–H and O–H groups in total. The molecule has 0 aromatic rings. The van der Waals surface area contributed by atoms with Gasteiger partial charge in [0.2, 0.25) is 0 Å². The van der Waals surface area contributed by atoms with Gasteiger partial charge in [0.15, 0.2) is 0 Å². The number of nitrogens with one attached hydrogen (secondary N) is 1. The molecule has 3 nitrogen and oxygen atoms in total. The average Bonchev–Trinajstić information content (AvgIpc) is 2.16. The molecular weight excluding hydrogens is 222 g/mol. The fraction of sp³-hybridized carbons (Fsp3) is 1.00. The van der Waals surface area contributed by atoms with Crippen LogP contribution in [0.4, 0.5) is 0 Å². The Morgan fingerprint density at radius 2 is 1.69 bits per heavy atom. The second-order valence-corrected chi connectivity index (χ2v) is 7.11. The van der Waals surface area contributed by atoms with Gasteiger partial charge in [-0.1, -0.05) is 33.6 Å². The Morgan fingerprint density at radius 1 is 1.06 bits per heavy atom. The summed E-state index contributed by atoms with van der Waals surface area (Å²) in [6.45, 7) is 8.16. The molecule has 0 fully saturated rings. The highest BCUT2D eigenvalue weighted by molar-refractivity contribution is 7.91. The Kier molecular flexibility index (Phi) is 8.94. The molecule has 16 heavy (non-hydrogen) atoms. The molecule has 0 saturated heterocycles. The summed E-state index contributed by atoms with van der Waals surface area (Å²) in [4.78, 5) is 0. The van der Waals surface area contributed by atoms with Crippen LogP contribution in [-0.4, -0.2) is 33.0 Å². The quantitative estimate of drug-likeness (QED) is 0.604. The number of sulfone groups is 1. The van der Waals surface area contributed by atoms with E-state index in [1.807, 2.05) is 0 Å². The van der Waals surface area contributed by atoms with Gasteiger partial charge >= 0.3 is 0 Å². The van der Waals surface area contributed by atoms with Crippen LogP contribution in [0.3, 0.4) is 0 Å². The van der Waals surface area contributed by atoms with Crippen molar-refractivity contribution in [1.29, 1.82) is 0 Å². The van der Waals surface area contributed by atoms with E-state index in [1.165, 1.54) is 0 Å². The molecule has 0 heterocycles. The molecule has 0 aliphatic heterocycles. The zero-order valence-corrected chi connectivity index (χ0v) is 11.8. The van der Waals surface area contributed by atoms with Crippen LogP contribution in [0.1, 0.15) is 46.5 Å². The number of hydrogen-bond acceptors (Lipinski definition) is 3. The smallest absolute Gasteiger partial charge is 0.150 e. The van der Waals surface area contributed by atoms with Crippen LogP contribution in [0.15, 0.2) is 0 Å². The first-order valence-electron chi connectivity index (χ1n) is 6.39. The minimum absolute atomic E-state index is 0.335. The van der Waals surface area contributed by atoms with E-state index >= 15 is 0 Å². The normalized spacial score (nSPS) is 12.2. The summed E-state index contributed by atoms with van der Waals surface area (Å²) in [6.07, 6.45) is 3.65. The molecule has 0 radical (unpaired) electrons. The van der Waals surface area contributed by atoms with Crippen LogP contribution >= 0.6 is 0 Å². The molecule has 0 aliphatic carbocycles. The molecular formula is C12H27NO2S. The summed E-state index contributed by atoms with van der Waals surface area (Å²) < 4.78 is 23.1. The van der Waals surface area contributed by atoms with Crippen LogP contribution in [0, 0.1) is 5.92 Å². The lowest BCUT2D eigenvalue weighted by molar-refractivity contribution is 0.546. The topological polar surface area (TPSA) is 46.2 Å². The molecule has 0 atom stereocenters. The summed E-state index contributed by atoms with van der Waals surface area (Å²) >= 11 is 0. The fourth-order valence-electron chi connectivity index (χ4n) is 1.48. The number of hydrogen-bond donors (Lipinski definition) is 1. The number of rotatable bonds is 10. The van der Waals surface area contributed by atoms with Gasteiger partial charge < -0.3 is 5.32 Å². The summed E-state index contributed by atoms with van der Waals surface area (Å²) in [5.74, 6) is 1.33. The van der Waals surface area contributed by atoms with E-state index in [9.17, 15) is 8.42 Å². The SMILES string of the molecule is CCCCCS(=O)(=O)CCCNCC(C)C. The maximum absolute atomic E-state index is 11.6. The van der Waals surface area contributed by atoms with Gasteiger partial charge in [-0.2, -0.15) is 0 Å². The van der Waals surface area contributed by atoms with Gasteiger partial charge in [0.05, 0.1) is 11.5 Å². The Labute approximate surface area is 101 Å². The molecule has 0 bridgehead atoms. The maximum Gasteiger partial charge on any atom is 0.150 e. The third kappa shape index (κ3) is 10.4. The maximum atomic E-state index is 11.6. The first-order valence-corrected chi connectivity index (χ1v) is 8.21. The van der Waals surface area contributed by atoms with Crippen molar-refractivity contribution >= 4 is 9.84 Å². The summed E-state index contributed by atoms with van der Waals surface area (Å²) in [5.41, 5.74) is 0. The Bertz CT molecular complexity index is 248. The molecule has 98 valence electrons. The summed E-state index contributed by atoms with van der Waals surface area (Å²) in [6, 6.07) is 0. The zero-order valence-electron chi connectivity index (χ0n) is 11.0. The van der Waals surface area contributed by atoms with Crippen LogP contribution in [0.2, 0.25) is 0 Å². The first kappa shape index (κ1) is 15.9. The molecule has 0 aromatic carbocycles. The zero-order chi connectivity index (χ0) is 12.4. The minimum Gasteiger partial charge on any atom is -0.316 e. The minimum atomic E-state index is -2.79. The van der Waals surface area contributed by atoms with E-state index < -0.39 is 9.84 Å². The predicted molar refractivity (Wildman–Crippen MR) is 70.5 cm³/mol. The van der Waals surface area contributed by atoms with E-state index in [1.54, 1.807) is 0 Å². The second-order valence-electron chi connectivity index (χ2n) is 4.81. The largest absolute Gasteiger partial charge is 0.316 e. The Hall–Kier alpha value is -0.0900. The van der Waals surface area contributed by atoms with E-state index in [2.05, 4.69) is 26.1 Å². The van der Waals surface area contributed by atoms with E-state index in [0.29, 0.717) is 17.4 Å². The van der Waals surface area contributed by atoms with Gasteiger partial charge in [0, 0.05) is 0 Å². The predicted octanol–water partition coefficient (Wildman–Crippen LogP) is 2.23. The third-order valence-corrected chi connectivity index (χ3v) is 4.24. The summed E-state index contributed by atoms with van der Waals surface area (Å²) in [5, 5.41) is 3.26. The third-order valence-electron chi connectivity index (χ3n) is 2.42. The van der Waals surface area contributed by atoms with E-state index in [-0.39, 0.29) is 0 Å². The van der Waals surface area contributed by atoms with Crippen LogP contribution in [0.5, 0.6) is 0 Å². The van der Waals surface area contributed by atoms with Crippen LogP contribution in [0.25, 0.3) is 0 Å². The van der Waals surface area contributed by atoms with E-state index in [0.717, 1.165) is 38.8 Å². The van der Waals surface area contributed by atoms with Gasteiger partial charge in [-0.25, -0.2) is 8.42 Å². The monoisotopic (exact) mass is 249 g/mol. The van der Waals surface area contributed by atoms with E-state index in [4.69, 9.17) is 0 Å². The Morgan fingerprint density at radius 3 is 2.25 bits per heavy atom. The van der Waals surface area contributed by atoms with Gasteiger partial charge in [-0.3, -0.25) is 0 Å². The lowest BCUT2D eigenvalue weighted by atomic mass is 10.2. The molecule has 0 amide bonds. The molecule has 0 saturated carbocycles. The highest BCUT2D eigenvalue weighted by Gasteiger charge is 2.09. The molecule has 4 heteroatoms. The highest BCUT2D eigenvalue weighted by Crippen LogP contribution is 2.01. The molecule has 0 aliphatic rings. The second kappa shape index (κ2) is 8.99. The molecule has 0 spiro atoms. The van der Waals surface area contributed by atoms with Crippen molar-refractivity contribution in [2.45, 2.75) is 46.5 Å². The first-order chi connectivity index (χ1) is 7.48. The van der Waals surface area contributed by atoms with Crippen molar-refractivity contribution in [3.63, 3.8) is 0 Å². The number of unbranched alkanes of at least 4 members (excludes halogenated alkanes) is 2. The van der Waals surface area contributed by atoms with Gasteiger partial charge in [-0.05, 0) is 31.8 Å². The van der Waals surface area contributed by atoms with Gasteiger partial charge in [0.1, 0.15) is 9.84 Å². The van der Waals surface area contributed by atoms with Crippen LogP contribution in [-0.2, 0) is 9.84 Å². The average molecular weight is 249 g/mol. The molecule has 0 unspecified atom stereocenters. The van der Waals surface area contributed by atoms with Crippen molar-refractivity contribution in [3.05, 3.63) is 0 Å². The van der Waals surface area contributed by atoms with Gasteiger partial charge in [-0.15, -0.1) is 0 Å². The highest BCUT2D eigenvalue weighted by atomic mass is 32.2. The standard InChI is InChI=1S/C12H27NO2S/c1-4-5-6-9-16(14,15)10-7-8-13-11-12(2)3/h12-13H,4-11H2,1-3H3. The fourth-order valence-corrected chi connectivity index (χ4v) is 2.91. The lowest BCUT2D eigenvalue weighted by Gasteiger charge is -2.07. The molecule has 0 rings (SSSR count). The Balaban J connectivity index is 3.51. The molecule has 0 aromatic heterocycles. The van der Waals surface area contributed by atoms with Crippen molar-refractivity contribution in [2.24, 2.45) is 5.92 Å². The van der Waals surface area contributed by atoms with Crippen molar-refractivity contribution in [2.75, 3.05) is 24.6 Å². The summed E-state index contributed by atoms with van der Waals surface area (Å²) in [7, 11) is -2.79. The lowest BCUT2D eigenvalue weighted by Crippen LogP contribution is -2.23. The van der Waals surface area contributed by atoms with Crippen molar-refractivity contribution < 1.29 is 8.42 Å².